The number of carbonyl (C=O) groups is 5. The van der Waals surface area contributed by atoms with Crippen molar-refractivity contribution in [3.8, 4) is 5.75 Å². The van der Waals surface area contributed by atoms with Crippen LogP contribution < -0.4 is 21.8 Å². The van der Waals surface area contributed by atoms with Gasteiger partial charge in [0.25, 0.3) is 0 Å². The maximum atomic E-state index is 13.3. The zero-order chi connectivity index (χ0) is 35.4. The highest BCUT2D eigenvalue weighted by molar-refractivity contribution is 7.84. The number of carbonyl (C=O) groups excluding carboxylic acids is 4. The number of hydrogen-bond acceptors (Lipinski definition) is 15. The van der Waals surface area contributed by atoms with Gasteiger partial charge in [0.1, 0.15) is 5.69 Å². The molecule has 0 unspecified atom stereocenters. The molecule has 256 valence electrons. The number of ketones is 1. The predicted octanol–water partition coefficient (Wildman–Crippen LogP) is -1.54. The molecule has 3 rings (SSSR count). The molecular weight excluding hydrogens is 670 g/mol. The fraction of sp³-hybridized carbons (Fsp3) is 0.440. The van der Waals surface area contributed by atoms with Gasteiger partial charge in [0.15, 0.2) is 22.4 Å². The lowest BCUT2D eigenvalue weighted by Gasteiger charge is -2.44. The van der Waals surface area contributed by atoms with Crippen molar-refractivity contribution >= 4 is 62.0 Å². The van der Waals surface area contributed by atoms with Crippen molar-refractivity contribution in [2.45, 2.75) is 51.8 Å². The van der Waals surface area contributed by atoms with Crippen molar-refractivity contribution in [2.75, 3.05) is 12.3 Å². The summed E-state index contributed by atoms with van der Waals surface area (Å²) in [5.41, 5.74) is 2.26. The third-order valence-corrected chi connectivity index (χ3v) is 8.46. The van der Waals surface area contributed by atoms with Gasteiger partial charge < -0.3 is 36.6 Å². The largest absolute Gasteiger partial charge is 0.503 e. The van der Waals surface area contributed by atoms with Gasteiger partial charge in [0, 0.05) is 36.8 Å². The summed E-state index contributed by atoms with van der Waals surface area (Å²) in [5.74, 6) is -8.11. The number of oxime groups is 1. The van der Waals surface area contributed by atoms with Crippen molar-refractivity contribution in [1.29, 1.82) is 0 Å². The van der Waals surface area contributed by atoms with E-state index >= 15 is 0 Å². The molecule has 22 heteroatoms. The van der Waals surface area contributed by atoms with Gasteiger partial charge in [-0.15, -0.1) is 11.3 Å². The minimum atomic E-state index is -5.12. The maximum Gasteiger partial charge on any atom is 0.362 e. The van der Waals surface area contributed by atoms with Crippen molar-refractivity contribution in [3.05, 3.63) is 39.3 Å². The number of nitrogen functional groups attached to an aromatic ring is 1. The minimum Gasteiger partial charge on any atom is -0.503 e. The summed E-state index contributed by atoms with van der Waals surface area (Å²) in [7, 11) is -5.12. The first-order valence-corrected chi connectivity index (χ1v) is 15.7. The number of hydrogen-bond donors (Lipinski definition) is 7. The average Bonchev–Trinajstić information content (AvgIpc) is 3.39. The molecule has 1 saturated heterocycles. The van der Waals surface area contributed by atoms with E-state index in [9.17, 15) is 57.2 Å². The number of aliphatic carboxylic acids is 1. The van der Waals surface area contributed by atoms with Crippen LogP contribution in [-0.4, -0.2) is 95.8 Å². The summed E-state index contributed by atoms with van der Waals surface area (Å²) >= 11 is 0.919. The lowest BCUT2D eigenvalue weighted by atomic mass is 9.84. The second-order valence-corrected chi connectivity index (χ2v) is 13.0. The molecule has 0 aliphatic carbocycles. The predicted molar refractivity (Wildman–Crippen MR) is 159 cm³/mol. The van der Waals surface area contributed by atoms with E-state index in [1.807, 2.05) is 0 Å². The number of nitrogens with one attached hydrogen (secondary N) is 2. The SMILES string of the molecule is C[C@@H](CC(=O)NCc1cc(=O)c(O)cn1O)C(=O)NC[C@@H]1[C@H](CC(=O)/C(=N\OC(C)(C)C(=O)O)c2csc(N)n2)C(=O)N1S(=O)(=O)O. The maximum absolute atomic E-state index is 13.3. The van der Waals surface area contributed by atoms with Gasteiger partial charge in [-0.3, -0.25) is 28.5 Å². The van der Waals surface area contributed by atoms with E-state index < -0.39 is 99.5 Å². The van der Waals surface area contributed by atoms with Crippen LogP contribution in [0, 0.1) is 11.8 Å². The van der Waals surface area contributed by atoms with Crippen molar-refractivity contribution < 1.29 is 57.2 Å². The Morgan fingerprint density at radius 1 is 1.23 bits per heavy atom. The summed E-state index contributed by atoms with van der Waals surface area (Å²) in [4.78, 5) is 83.1. The molecule has 2 aromatic heterocycles. The van der Waals surface area contributed by atoms with Gasteiger partial charge in [0.05, 0.1) is 30.4 Å². The number of amides is 3. The molecule has 0 radical (unpaired) electrons. The second-order valence-electron chi connectivity index (χ2n) is 10.8. The quantitative estimate of drug-likeness (QED) is 0.0364. The molecule has 0 spiro atoms. The van der Waals surface area contributed by atoms with Crippen molar-refractivity contribution in [3.63, 3.8) is 0 Å². The fourth-order valence-corrected chi connectivity index (χ4v) is 5.61. The van der Waals surface area contributed by atoms with Crippen LogP contribution in [0.4, 0.5) is 5.13 Å². The van der Waals surface area contributed by atoms with Gasteiger partial charge in [-0.2, -0.15) is 13.1 Å². The lowest BCUT2D eigenvalue weighted by Crippen LogP contribution is -2.66. The molecule has 1 fully saturated rings. The molecule has 1 aliphatic rings. The third-order valence-electron chi connectivity index (χ3n) is 6.84. The third kappa shape index (κ3) is 8.80. The Bertz CT molecular complexity index is 1780. The number of rotatable bonds is 15. The van der Waals surface area contributed by atoms with Gasteiger partial charge in [0.2, 0.25) is 28.8 Å². The highest BCUT2D eigenvalue weighted by Gasteiger charge is 2.54. The van der Waals surface area contributed by atoms with Crippen LogP contribution in [0.1, 0.15) is 45.0 Å². The number of anilines is 1. The molecule has 0 saturated carbocycles. The van der Waals surface area contributed by atoms with E-state index in [0.717, 1.165) is 37.4 Å². The fourth-order valence-electron chi connectivity index (χ4n) is 4.14. The molecule has 2 aromatic rings. The molecule has 3 amide bonds. The normalized spacial score (nSPS) is 17.4. The Labute approximate surface area is 269 Å². The Balaban J connectivity index is 1.69. The molecule has 3 heterocycles. The van der Waals surface area contributed by atoms with Crippen molar-refractivity contribution in [1.82, 2.24) is 24.7 Å². The Kier molecular flexibility index (Phi) is 10.9. The molecule has 1 aliphatic heterocycles. The molecule has 20 nitrogen and oxygen atoms in total. The van der Waals surface area contributed by atoms with Crippen LogP contribution in [0.5, 0.6) is 5.75 Å². The zero-order valence-corrected chi connectivity index (χ0v) is 26.6. The lowest BCUT2D eigenvalue weighted by molar-refractivity contribution is -0.161. The van der Waals surface area contributed by atoms with Crippen LogP contribution in [-0.2, 0) is 45.7 Å². The Morgan fingerprint density at radius 2 is 1.89 bits per heavy atom. The summed E-state index contributed by atoms with van der Waals surface area (Å²) in [6.45, 7) is 2.76. The molecule has 8 N–H and O–H groups in total. The number of aromatic nitrogens is 2. The molecular formula is C25H31N7O13S2. The number of nitrogens with zero attached hydrogens (tertiary/aromatic N) is 4. The first-order valence-electron chi connectivity index (χ1n) is 13.5. The zero-order valence-electron chi connectivity index (χ0n) is 24.9. The first-order chi connectivity index (χ1) is 21.7. The summed E-state index contributed by atoms with van der Waals surface area (Å²) < 4.78 is 33.9. The highest BCUT2D eigenvalue weighted by Crippen LogP contribution is 2.32. The molecule has 0 bridgehead atoms. The van der Waals surface area contributed by atoms with Gasteiger partial charge in [-0.05, 0) is 13.8 Å². The Morgan fingerprint density at radius 3 is 2.47 bits per heavy atom. The van der Waals surface area contributed by atoms with Crippen LogP contribution >= 0.6 is 11.3 Å². The monoisotopic (exact) mass is 701 g/mol. The van der Waals surface area contributed by atoms with Gasteiger partial charge in [-0.1, -0.05) is 12.1 Å². The minimum absolute atomic E-state index is 0.0210. The number of carboxylic acid groups (broad SMARTS) is 1. The van der Waals surface area contributed by atoms with E-state index in [1.165, 1.54) is 12.3 Å². The van der Waals surface area contributed by atoms with E-state index in [2.05, 4.69) is 20.8 Å². The van der Waals surface area contributed by atoms with Gasteiger partial charge in [-0.25, -0.2) is 14.1 Å². The van der Waals surface area contributed by atoms with Crippen LogP contribution in [0.2, 0.25) is 0 Å². The first kappa shape index (κ1) is 36.4. The number of carboxylic acids is 1. The molecule has 3 atom stereocenters. The number of thiazole rings is 1. The summed E-state index contributed by atoms with van der Waals surface area (Å²) in [6.07, 6.45) is -0.391. The average molecular weight is 702 g/mol. The molecule has 47 heavy (non-hydrogen) atoms. The van der Waals surface area contributed by atoms with Gasteiger partial charge >= 0.3 is 16.3 Å². The molecule has 0 aromatic carbocycles. The number of pyridine rings is 1. The number of aromatic hydroxyl groups is 1. The van der Waals surface area contributed by atoms with E-state index in [1.54, 1.807) is 0 Å². The van der Waals surface area contributed by atoms with Crippen LogP contribution in [0.25, 0.3) is 0 Å². The number of β-lactam (4-membered cyclic amide) rings is 1. The van der Waals surface area contributed by atoms with Crippen LogP contribution in [0.3, 0.4) is 0 Å². The second kappa shape index (κ2) is 14.1. The summed E-state index contributed by atoms with van der Waals surface area (Å²) in [5, 5.41) is 38.1. The van der Waals surface area contributed by atoms with E-state index in [0.29, 0.717) is 4.73 Å². The number of Topliss-reactive ketones (excluding diaryl/α,β-unsaturated/α-hetero) is 1. The van der Waals surface area contributed by atoms with E-state index in [-0.39, 0.29) is 27.4 Å². The summed E-state index contributed by atoms with van der Waals surface area (Å²) in [6, 6.07) is -0.556. The van der Waals surface area contributed by atoms with Crippen LogP contribution in [0.15, 0.2) is 27.6 Å². The Hall–Kier alpha value is -5.09. The standard InChI is InChI=1S/C25H31N7O13S2/c1-11(4-19(36)27-7-12-5-16(33)18(35)9-31(12)41)21(37)28-8-15-13(22(38)32(15)47(42,43)44)6-17(34)20(14-10-46-24(26)29-14)30-45-25(2,3)23(39)40/h5,9-11,13,15,35,41H,4,6-8H2,1-3H3,(H2,26,29)(H,27,36)(H,28,37)(H,39,40)(H,42,43,44)/b30-20-/t11-,13-,15+/m0/s1. The van der Waals surface area contributed by atoms with Crippen molar-refractivity contribution in [2.24, 2.45) is 17.0 Å². The highest BCUT2D eigenvalue weighted by atomic mass is 32.2. The topological polar surface area (TPSA) is 310 Å². The smallest absolute Gasteiger partial charge is 0.362 e. The van der Waals surface area contributed by atoms with E-state index in [4.69, 9.17) is 10.6 Å². The number of nitrogens with two attached hydrogens (primary N) is 1.